The molecule has 0 aliphatic heterocycles. The molecule has 0 atom stereocenters. The summed E-state index contributed by atoms with van der Waals surface area (Å²) < 4.78 is 7.06. The molecule has 0 aliphatic carbocycles. The van der Waals surface area contributed by atoms with Crippen molar-refractivity contribution >= 4 is 15.9 Å². The lowest BCUT2D eigenvalue weighted by Crippen LogP contribution is -2.04. The van der Waals surface area contributed by atoms with Crippen LogP contribution in [0.1, 0.15) is 36.5 Å². The molecule has 0 aliphatic rings. The van der Waals surface area contributed by atoms with Gasteiger partial charge in [0.2, 0.25) is 5.88 Å². The van der Waals surface area contributed by atoms with E-state index in [1.807, 2.05) is 25.1 Å². The summed E-state index contributed by atoms with van der Waals surface area (Å²) in [6.07, 6.45) is 1.75. The summed E-state index contributed by atoms with van der Waals surface area (Å²) in [6.45, 7) is 6.72. The first-order chi connectivity index (χ1) is 9.52. The highest BCUT2D eigenvalue weighted by atomic mass is 79.9. The Morgan fingerprint density at radius 2 is 2.05 bits per heavy atom. The quantitative estimate of drug-likeness (QED) is 0.893. The van der Waals surface area contributed by atoms with E-state index in [1.165, 1.54) is 0 Å². The van der Waals surface area contributed by atoms with Gasteiger partial charge in [0.1, 0.15) is 5.75 Å². The van der Waals surface area contributed by atoms with Gasteiger partial charge in [0, 0.05) is 22.8 Å². The lowest BCUT2D eigenvalue weighted by Gasteiger charge is -2.16. The topological polar surface area (TPSA) is 48.1 Å². The first kappa shape index (κ1) is 15.0. The number of hydrogen-bond donors (Lipinski definition) is 1. The number of rotatable bonds is 4. The van der Waals surface area contributed by atoms with Crippen LogP contribution in [-0.2, 0) is 6.54 Å². The highest BCUT2D eigenvalue weighted by Crippen LogP contribution is 2.33. The fraction of sp³-hybridized carbons (Fsp3) is 0.312. The van der Waals surface area contributed by atoms with Crippen LogP contribution in [0.25, 0.3) is 0 Å². The van der Waals surface area contributed by atoms with Gasteiger partial charge in [-0.25, -0.2) is 4.98 Å². The van der Waals surface area contributed by atoms with Crippen LogP contribution < -0.4 is 10.5 Å². The molecule has 0 saturated heterocycles. The number of nitrogens with two attached hydrogens (primary N) is 1. The minimum atomic E-state index is 0.369. The summed E-state index contributed by atoms with van der Waals surface area (Å²) in [7, 11) is 0. The second-order valence-electron chi connectivity index (χ2n) is 5.05. The van der Waals surface area contributed by atoms with Crippen molar-refractivity contribution in [3.8, 4) is 11.6 Å². The Hall–Kier alpha value is -1.39. The summed E-state index contributed by atoms with van der Waals surface area (Å²) in [5.41, 5.74) is 8.99. The van der Waals surface area contributed by atoms with Crippen LogP contribution in [0, 0.1) is 6.92 Å². The maximum absolute atomic E-state index is 6.02. The summed E-state index contributed by atoms with van der Waals surface area (Å²) in [4.78, 5) is 4.31. The Labute approximate surface area is 128 Å². The van der Waals surface area contributed by atoms with E-state index >= 15 is 0 Å². The van der Waals surface area contributed by atoms with Crippen molar-refractivity contribution < 1.29 is 4.74 Å². The molecule has 0 fully saturated rings. The molecule has 0 spiro atoms. The third-order valence-corrected chi connectivity index (χ3v) is 3.75. The standard InChI is InChI=1S/C16H19BrN2O/c1-10(2)13-8-12(17)4-5-15(13)20-16-14(9-18)11(3)6-7-19-16/h4-8,10H,9,18H2,1-3H3. The number of halogens is 1. The van der Waals surface area contributed by atoms with Crippen molar-refractivity contribution in [2.75, 3.05) is 0 Å². The molecule has 0 unspecified atom stereocenters. The summed E-state index contributed by atoms with van der Waals surface area (Å²) in [5.74, 6) is 1.79. The first-order valence-corrected chi connectivity index (χ1v) is 7.44. The van der Waals surface area contributed by atoms with Gasteiger partial charge in [-0.15, -0.1) is 0 Å². The van der Waals surface area contributed by atoms with E-state index in [4.69, 9.17) is 10.5 Å². The SMILES string of the molecule is Cc1ccnc(Oc2ccc(Br)cc2C(C)C)c1CN. The number of ether oxygens (including phenoxy) is 1. The molecular formula is C16H19BrN2O. The molecular weight excluding hydrogens is 316 g/mol. The normalized spacial score (nSPS) is 10.9. The van der Waals surface area contributed by atoms with Gasteiger partial charge in [0.15, 0.2) is 0 Å². The number of nitrogens with zero attached hydrogens (tertiary/aromatic N) is 1. The Bertz CT molecular complexity index is 611. The number of benzene rings is 1. The molecule has 0 radical (unpaired) electrons. The first-order valence-electron chi connectivity index (χ1n) is 6.64. The smallest absolute Gasteiger partial charge is 0.223 e. The molecule has 1 aromatic heterocycles. The molecule has 0 amide bonds. The highest BCUT2D eigenvalue weighted by Gasteiger charge is 2.13. The zero-order valence-corrected chi connectivity index (χ0v) is 13.6. The molecule has 3 nitrogen and oxygen atoms in total. The van der Waals surface area contributed by atoms with Gasteiger partial charge in [0.25, 0.3) is 0 Å². The van der Waals surface area contributed by atoms with Gasteiger partial charge in [-0.05, 0) is 48.2 Å². The van der Waals surface area contributed by atoms with Gasteiger partial charge in [-0.2, -0.15) is 0 Å². The molecule has 106 valence electrons. The van der Waals surface area contributed by atoms with E-state index < -0.39 is 0 Å². The predicted octanol–water partition coefficient (Wildman–Crippen LogP) is 4.53. The van der Waals surface area contributed by atoms with Gasteiger partial charge >= 0.3 is 0 Å². The van der Waals surface area contributed by atoms with Crippen molar-refractivity contribution in [1.82, 2.24) is 4.98 Å². The van der Waals surface area contributed by atoms with E-state index in [0.29, 0.717) is 18.3 Å². The molecule has 2 rings (SSSR count). The van der Waals surface area contributed by atoms with Gasteiger partial charge in [0.05, 0.1) is 0 Å². The maximum atomic E-state index is 6.02. The summed E-state index contributed by atoms with van der Waals surface area (Å²) >= 11 is 3.50. The van der Waals surface area contributed by atoms with E-state index in [0.717, 1.165) is 26.9 Å². The maximum Gasteiger partial charge on any atom is 0.223 e. The monoisotopic (exact) mass is 334 g/mol. The third-order valence-electron chi connectivity index (χ3n) is 3.26. The zero-order chi connectivity index (χ0) is 14.7. The largest absolute Gasteiger partial charge is 0.438 e. The number of aryl methyl sites for hydroxylation is 1. The molecule has 4 heteroatoms. The Balaban J connectivity index is 2.42. The van der Waals surface area contributed by atoms with Crippen LogP contribution in [-0.4, -0.2) is 4.98 Å². The lowest BCUT2D eigenvalue weighted by molar-refractivity contribution is 0.447. The minimum absolute atomic E-state index is 0.369. The van der Waals surface area contributed by atoms with E-state index in [1.54, 1.807) is 6.20 Å². The van der Waals surface area contributed by atoms with Crippen molar-refractivity contribution in [1.29, 1.82) is 0 Å². The second-order valence-corrected chi connectivity index (χ2v) is 5.97. The minimum Gasteiger partial charge on any atom is -0.438 e. The zero-order valence-electron chi connectivity index (χ0n) is 12.0. The lowest BCUT2D eigenvalue weighted by atomic mass is 10.0. The van der Waals surface area contributed by atoms with Crippen molar-refractivity contribution in [3.05, 3.63) is 51.6 Å². The van der Waals surface area contributed by atoms with Crippen LogP contribution in [0.15, 0.2) is 34.9 Å². The van der Waals surface area contributed by atoms with Crippen LogP contribution in [0.5, 0.6) is 11.6 Å². The Morgan fingerprint density at radius 3 is 2.70 bits per heavy atom. The number of hydrogen-bond acceptors (Lipinski definition) is 3. The average molecular weight is 335 g/mol. The third kappa shape index (κ3) is 3.19. The van der Waals surface area contributed by atoms with E-state index in [2.05, 4.69) is 40.8 Å². The fourth-order valence-corrected chi connectivity index (χ4v) is 2.45. The summed E-state index contributed by atoms with van der Waals surface area (Å²) in [5, 5.41) is 0. The molecule has 2 N–H and O–H groups in total. The Kier molecular flexibility index (Phi) is 4.78. The second kappa shape index (κ2) is 6.37. The van der Waals surface area contributed by atoms with E-state index in [9.17, 15) is 0 Å². The van der Waals surface area contributed by atoms with Crippen LogP contribution in [0.4, 0.5) is 0 Å². The molecule has 0 bridgehead atoms. The molecule has 0 saturated carbocycles. The number of pyridine rings is 1. The van der Waals surface area contributed by atoms with Crippen LogP contribution >= 0.6 is 15.9 Å². The Morgan fingerprint density at radius 1 is 1.30 bits per heavy atom. The van der Waals surface area contributed by atoms with E-state index in [-0.39, 0.29) is 0 Å². The average Bonchev–Trinajstić information content (AvgIpc) is 2.41. The fourth-order valence-electron chi connectivity index (χ4n) is 2.07. The molecule has 1 aromatic carbocycles. The summed E-state index contributed by atoms with van der Waals surface area (Å²) in [6, 6.07) is 7.96. The number of aromatic nitrogens is 1. The van der Waals surface area contributed by atoms with Crippen molar-refractivity contribution in [3.63, 3.8) is 0 Å². The predicted molar refractivity (Wildman–Crippen MR) is 85.2 cm³/mol. The molecule has 20 heavy (non-hydrogen) atoms. The van der Waals surface area contributed by atoms with Gasteiger partial charge in [-0.1, -0.05) is 29.8 Å². The van der Waals surface area contributed by atoms with Crippen LogP contribution in [0.2, 0.25) is 0 Å². The molecule has 1 heterocycles. The van der Waals surface area contributed by atoms with Gasteiger partial charge in [-0.3, -0.25) is 0 Å². The highest BCUT2D eigenvalue weighted by molar-refractivity contribution is 9.10. The van der Waals surface area contributed by atoms with Crippen LogP contribution in [0.3, 0.4) is 0 Å². The van der Waals surface area contributed by atoms with Crippen molar-refractivity contribution in [2.24, 2.45) is 5.73 Å². The molecule has 2 aromatic rings. The van der Waals surface area contributed by atoms with Gasteiger partial charge < -0.3 is 10.5 Å². The van der Waals surface area contributed by atoms with Crippen molar-refractivity contribution in [2.45, 2.75) is 33.2 Å².